The fraction of sp³-hybridized carbons (Fsp3) is 0.542. The smallest absolute Gasteiger partial charge is 0.0689 e. The molecule has 4 heteroatoms. The summed E-state index contributed by atoms with van der Waals surface area (Å²) < 4.78 is 6.05. The van der Waals surface area contributed by atoms with Crippen LogP contribution in [0.4, 0.5) is 0 Å². The highest BCUT2D eigenvalue weighted by Gasteiger charge is 2.40. The van der Waals surface area contributed by atoms with Gasteiger partial charge in [0.1, 0.15) is 0 Å². The zero-order valence-electron chi connectivity index (χ0n) is 17.0. The van der Waals surface area contributed by atoms with Gasteiger partial charge in [-0.15, -0.1) is 0 Å². The van der Waals surface area contributed by atoms with Crippen LogP contribution in [0.5, 0.6) is 0 Å². The van der Waals surface area contributed by atoms with E-state index in [9.17, 15) is 0 Å². The minimum atomic E-state index is 0.209. The van der Waals surface area contributed by atoms with Crippen molar-refractivity contribution in [2.45, 2.75) is 63.4 Å². The van der Waals surface area contributed by atoms with Gasteiger partial charge < -0.3 is 10.1 Å². The highest BCUT2D eigenvalue weighted by atomic mass is 35.5. The second-order valence-electron chi connectivity index (χ2n) is 7.91. The molecule has 0 bridgehead atoms. The van der Waals surface area contributed by atoms with Crippen molar-refractivity contribution in [1.29, 1.82) is 0 Å². The summed E-state index contributed by atoms with van der Waals surface area (Å²) >= 11 is 5.76. The lowest BCUT2D eigenvalue weighted by atomic mass is 9.83. The number of pyridine rings is 1. The molecule has 1 atom stereocenters. The average Bonchev–Trinajstić information content (AvgIpc) is 3.18. The lowest BCUT2D eigenvalue weighted by Gasteiger charge is -2.38. The molecule has 1 aromatic heterocycles. The van der Waals surface area contributed by atoms with E-state index in [1.807, 2.05) is 24.4 Å². The molecule has 2 aliphatic rings. The predicted octanol–water partition coefficient (Wildman–Crippen LogP) is 5.78. The minimum Gasteiger partial charge on any atom is -0.375 e. The lowest BCUT2D eigenvalue weighted by Crippen LogP contribution is -2.36. The van der Waals surface area contributed by atoms with E-state index < -0.39 is 0 Å². The summed E-state index contributed by atoms with van der Waals surface area (Å²) in [6.07, 6.45) is 10.5. The van der Waals surface area contributed by atoms with Crippen molar-refractivity contribution in [3.63, 3.8) is 0 Å². The van der Waals surface area contributed by atoms with Gasteiger partial charge in [0.25, 0.3) is 0 Å². The van der Waals surface area contributed by atoms with Gasteiger partial charge in [-0.1, -0.05) is 49.6 Å². The molecule has 1 aliphatic heterocycles. The van der Waals surface area contributed by atoms with Crippen molar-refractivity contribution in [2.75, 3.05) is 19.7 Å². The molecule has 28 heavy (non-hydrogen) atoms. The molecule has 0 amide bonds. The Morgan fingerprint density at radius 2 is 1.93 bits per heavy atom. The van der Waals surface area contributed by atoms with Gasteiger partial charge in [-0.25, -0.2) is 0 Å². The molecule has 2 fully saturated rings. The van der Waals surface area contributed by atoms with Gasteiger partial charge >= 0.3 is 0 Å². The Hall–Kier alpha value is -1.42. The molecule has 1 spiro atoms. The second kappa shape index (κ2) is 10.9. The van der Waals surface area contributed by atoms with Crippen molar-refractivity contribution in [3.8, 4) is 0 Å². The molecule has 1 N–H and O–H groups in total. The first-order valence-corrected chi connectivity index (χ1v) is 11.1. The van der Waals surface area contributed by atoms with Crippen LogP contribution >= 0.6 is 11.6 Å². The van der Waals surface area contributed by atoms with Crippen molar-refractivity contribution in [1.82, 2.24) is 10.3 Å². The largest absolute Gasteiger partial charge is 0.375 e. The number of rotatable bonds is 5. The van der Waals surface area contributed by atoms with Gasteiger partial charge in [-0.05, 0) is 75.0 Å². The number of likely N-dealkylation sites (N-methyl/N-ethyl adjacent to an activating group) is 1. The Morgan fingerprint density at radius 3 is 2.61 bits per heavy atom. The second-order valence-corrected chi connectivity index (χ2v) is 8.35. The minimum absolute atomic E-state index is 0.209. The van der Waals surface area contributed by atoms with Crippen LogP contribution in [-0.4, -0.2) is 30.3 Å². The maximum absolute atomic E-state index is 6.05. The normalized spacial score (nSPS) is 20.6. The van der Waals surface area contributed by atoms with Crippen LogP contribution in [0.25, 0.3) is 0 Å². The maximum Gasteiger partial charge on any atom is 0.0689 e. The molecule has 1 aromatic carbocycles. The molecule has 1 saturated carbocycles. The molecule has 4 rings (SSSR count). The number of nitrogens with zero attached hydrogens (tertiary/aromatic N) is 1. The Morgan fingerprint density at radius 1 is 1.14 bits per heavy atom. The molecule has 3 nitrogen and oxygen atoms in total. The zero-order valence-corrected chi connectivity index (χ0v) is 17.8. The molecule has 1 unspecified atom stereocenters. The van der Waals surface area contributed by atoms with Gasteiger partial charge in [0.05, 0.1) is 5.60 Å². The van der Waals surface area contributed by atoms with Crippen LogP contribution < -0.4 is 5.32 Å². The van der Waals surface area contributed by atoms with Crippen molar-refractivity contribution in [3.05, 3.63) is 64.9 Å². The van der Waals surface area contributed by atoms with Crippen molar-refractivity contribution >= 4 is 11.6 Å². The number of nitrogens with one attached hydrogen (secondary N) is 1. The lowest BCUT2D eigenvalue weighted by molar-refractivity contribution is -0.0809. The third-order valence-electron chi connectivity index (χ3n) is 5.87. The monoisotopic (exact) mass is 400 g/mol. The zero-order chi connectivity index (χ0) is 19.7. The van der Waals surface area contributed by atoms with E-state index in [0.717, 1.165) is 37.6 Å². The number of aromatic nitrogens is 1. The first-order valence-electron chi connectivity index (χ1n) is 10.7. The van der Waals surface area contributed by atoms with Crippen LogP contribution in [-0.2, 0) is 11.2 Å². The number of benzene rings is 1. The Balaban J connectivity index is 0.000000169. The van der Waals surface area contributed by atoms with Crippen LogP contribution in [0.1, 0.15) is 62.6 Å². The first kappa shape index (κ1) is 21.3. The predicted molar refractivity (Wildman–Crippen MR) is 117 cm³/mol. The van der Waals surface area contributed by atoms with Gasteiger partial charge in [0.15, 0.2) is 0 Å². The Kier molecular flexibility index (Phi) is 8.32. The SMILES string of the molecule is CCNCCc1ccc(Cl)cc1.c1ccc(C2CCOC3(CCCC3)C2)nc1. The third-order valence-corrected chi connectivity index (χ3v) is 6.12. The number of ether oxygens (including phenoxy) is 1. The molecule has 2 aromatic rings. The topological polar surface area (TPSA) is 34.1 Å². The number of hydrogen-bond acceptors (Lipinski definition) is 3. The summed E-state index contributed by atoms with van der Waals surface area (Å²) in [5.74, 6) is 0.619. The van der Waals surface area contributed by atoms with Crippen molar-refractivity contribution in [2.24, 2.45) is 0 Å². The van der Waals surface area contributed by atoms with Gasteiger partial charge in [0.2, 0.25) is 0 Å². The maximum atomic E-state index is 6.05. The van der Waals surface area contributed by atoms with Gasteiger partial charge in [-0.3, -0.25) is 4.98 Å². The quantitative estimate of drug-likeness (QED) is 0.646. The van der Waals surface area contributed by atoms with E-state index in [1.54, 1.807) is 0 Å². The highest BCUT2D eigenvalue weighted by molar-refractivity contribution is 6.30. The van der Waals surface area contributed by atoms with Crippen LogP contribution in [0, 0.1) is 0 Å². The summed E-state index contributed by atoms with van der Waals surface area (Å²) in [5.41, 5.74) is 2.80. The molecule has 0 radical (unpaired) electrons. The van der Waals surface area contributed by atoms with Gasteiger partial charge in [0, 0.05) is 29.4 Å². The standard InChI is InChI=1S/C14H19NO.C10H14ClN/c1-4-9-15-13(5-1)12-6-10-16-14(11-12)7-2-3-8-14;1-2-12-8-7-9-3-5-10(11)6-4-9/h1,4-5,9,12H,2-3,6-8,10-11H2;3-6,12H,2,7-8H2,1H3. The van der Waals surface area contributed by atoms with E-state index in [2.05, 4.69) is 41.5 Å². The van der Waals surface area contributed by atoms with Crippen LogP contribution in [0.15, 0.2) is 48.7 Å². The molecule has 1 aliphatic carbocycles. The summed E-state index contributed by atoms with van der Waals surface area (Å²) in [6.45, 7) is 5.11. The van der Waals surface area contributed by atoms with E-state index in [1.165, 1.54) is 43.4 Å². The van der Waals surface area contributed by atoms with E-state index in [-0.39, 0.29) is 5.60 Å². The summed E-state index contributed by atoms with van der Waals surface area (Å²) in [6, 6.07) is 14.3. The molecule has 1 saturated heterocycles. The summed E-state index contributed by atoms with van der Waals surface area (Å²) in [4.78, 5) is 4.50. The van der Waals surface area contributed by atoms with Crippen molar-refractivity contribution < 1.29 is 4.74 Å². The summed E-state index contributed by atoms with van der Waals surface area (Å²) in [5, 5.41) is 4.09. The molecular formula is C24H33ClN2O. The average molecular weight is 401 g/mol. The molecule has 152 valence electrons. The molecule has 2 heterocycles. The Labute approximate surface area is 174 Å². The fourth-order valence-corrected chi connectivity index (χ4v) is 4.45. The summed E-state index contributed by atoms with van der Waals surface area (Å²) in [7, 11) is 0. The number of halogens is 1. The Bertz CT molecular complexity index is 684. The van der Waals surface area contributed by atoms with Crippen LogP contribution in [0.3, 0.4) is 0 Å². The fourth-order valence-electron chi connectivity index (χ4n) is 4.33. The first-order chi connectivity index (χ1) is 13.7. The van der Waals surface area contributed by atoms with Crippen LogP contribution in [0.2, 0.25) is 5.02 Å². The van der Waals surface area contributed by atoms with E-state index in [4.69, 9.17) is 16.3 Å². The number of hydrogen-bond donors (Lipinski definition) is 1. The van der Waals surface area contributed by atoms with Gasteiger partial charge in [-0.2, -0.15) is 0 Å². The van der Waals surface area contributed by atoms with E-state index >= 15 is 0 Å². The van der Waals surface area contributed by atoms with E-state index in [0.29, 0.717) is 5.92 Å². The highest BCUT2D eigenvalue weighted by Crippen LogP contribution is 2.44. The molecular weight excluding hydrogens is 368 g/mol. The third kappa shape index (κ3) is 6.30.